The standard InChI is InChI=1S/C22H28FNO2/c1-6-13(3)21(15(5)16-8-9-16)17-10-14(4)22(23)18(11-17)19(24)12-20(25)26-7-2/h6,10-11,16,19H,1,5,7-9,12,24H2,2-4H3/b21-13+. The SMILES string of the molecule is C=C/C(C)=C(\C(=C)C1CC1)c1cc(C)c(F)c(C(N)CC(=O)OCC)c1. The number of nitrogens with two attached hydrogens (primary N) is 1. The zero-order valence-electron chi connectivity index (χ0n) is 15.9. The molecular weight excluding hydrogens is 329 g/mol. The number of benzene rings is 1. The molecular formula is C22H28FNO2. The molecule has 1 aliphatic carbocycles. The predicted octanol–water partition coefficient (Wildman–Crippen LogP) is 5.01. The van der Waals surface area contributed by atoms with Crippen LogP contribution < -0.4 is 5.73 Å². The number of hydrogen-bond acceptors (Lipinski definition) is 3. The molecule has 0 saturated heterocycles. The van der Waals surface area contributed by atoms with Crippen molar-refractivity contribution in [3.63, 3.8) is 0 Å². The average Bonchev–Trinajstić information content (AvgIpc) is 3.42. The highest BCUT2D eigenvalue weighted by atomic mass is 19.1. The van der Waals surface area contributed by atoms with Gasteiger partial charge in [-0.1, -0.05) is 19.2 Å². The fraction of sp³-hybridized carbons (Fsp3) is 0.409. The molecule has 1 aliphatic rings. The number of rotatable bonds is 8. The molecule has 1 saturated carbocycles. The summed E-state index contributed by atoms with van der Waals surface area (Å²) >= 11 is 0. The van der Waals surface area contributed by atoms with Gasteiger partial charge < -0.3 is 10.5 Å². The quantitative estimate of drug-likeness (QED) is 0.525. The summed E-state index contributed by atoms with van der Waals surface area (Å²) in [6.07, 6.45) is 3.99. The van der Waals surface area contributed by atoms with Crippen LogP contribution in [0.3, 0.4) is 0 Å². The summed E-state index contributed by atoms with van der Waals surface area (Å²) in [5, 5.41) is 0. The molecule has 1 atom stereocenters. The third-order valence-corrected chi connectivity index (χ3v) is 4.75. The molecule has 140 valence electrons. The van der Waals surface area contributed by atoms with Gasteiger partial charge in [-0.3, -0.25) is 4.79 Å². The topological polar surface area (TPSA) is 52.3 Å². The van der Waals surface area contributed by atoms with E-state index in [0.29, 0.717) is 17.0 Å². The Morgan fingerprint density at radius 2 is 2.12 bits per heavy atom. The van der Waals surface area contributed by atoms with Crippen LogP contribution in [0.2, 0.25) is 0 Å². The van der Waals surface area contributed by atoms with Crippen molar-refractivity contribution in [1.82, 2.24) is 0 Å². The van der Waals surface area contributed by atoms with Gasteiger partial charge in [0.1, 0.15) is 5.82 Å². The summed E-state index contributed by atoms with van der Waals surface area (Å²) < 4.78 is 19.6. The molecule has 4 heteroatoms. The molecule has 0 radical (unpaired) electrons. The lowest BCUT2D eigenvalue weighted by Gasteiger charge is -2.19. The summed E-state index contributed by atoms with van der Waals surface area (Å²) in [6.45, 7) is 13.8. The van der Waals surface area contributed by atoms with Crippen molar-refractivity contribution in [3.8, 4) is 0 Å². The fourth-order valence-corrected chi connectivity index (χ4v) is 3.12. The maximum atomic E-state index is 14.7. The van der Waals surface area contributed by atoms with Gasteiger partial charge in [0.15, 0.2) is 0 Å². The summed E-state index contributed by atoms with van der Waals surface area (Å²) in [6, 6.07) is 2.79. The molecule has 1 fully saturated rings. The second kappa shape index (κ2) is 8.45. The zero-order valence-corrected chi connectivity index (χ0v) is 15.9. The van der Waals surface area contributed by atoms with Crippen molar-refractivity contribution >= 4 is 11.5 Å². The van der Waals surface area contributed by atoms with Gasteiger partial charge in [-0.15, -0.1) is 0 Å². The van der Waals surface area contributed by atoms with E-state index in [-0.39, 0.29) is 18.8 Å². The molecule has 1 unspecified atom stereocenters. The summed E-state index contributed by atoms with van der Waals surface area (Å²) in [7, 11) is 0. The molecule has 3 nitrogen and oxygen atoms in total. The van der Waals surface area contributed by atoms with Crippen molar-refractivity contribution in [2.24, 2.45) is 11.7 Å². The Balaban J connectivity index is 2.46. The molecule has 0 bridgehead atoms. The second-order valence-corrected chi connectivity index (χ2v) is 6.87. The Morgan fingerprint density at radius 1 is 1.46 bits per heavy atom. The van der Waals surface area contributed by atoms with Crippen molar-refractivity contribution in [3.05, 3.63) is 65.0 Å². The third-order valence-electron chi connectivity index (χ3n) is 4.75. The number of carbonyl (C=O) groups excluding carboxylic acids is 1. The van der Waals surface area contributed by atoms with Crippen LogP contribution in [0.5, 0.6) is 0 Å². The van der Waals surface area contributed by atoms with E-state index in [1.54, 1.807) is 26.0 Å². The van der Waals surface area contributed by atoms with Crippen LogP contribution in [-0.4, -0.2) is 12.6 Å². The van der Waals surface area contributed by atoms with Crippen LogP contribution in [0.25, 0.3) is 5.57 Å². The minimum atomic E-state index is -0.757. The highest BCUT2D eigenvalue weighted by Crippen LogP contribution is 2.44. The first-order valence-corrected chi connectivity index (χ1v) is 9.04. The lowest BCUT2D eigenvalue weighted by molar-refractivity contribution is -0.143. The van der Waals surface area contributed by atoms with E-state index >= 15 is 0 Å². The van der Waals surface area contributed by atoms with E-state index in [0.717, 1.165) is 35.1 Å². The molecule has 0 aromatic heterocycles. The van der Waals surface area contributed by atoms with Crippen molar-refractivity contribution < 1.29 is 13.9 Å². The van der Waals surface area contributed by atoms with E-state index in [1.165, 1.54) is 0 Å². The molecule has 1 aromatic rings. The van der Waals surface area contributed by atoms with Gasteiger partial charge in [0.05, 0.1) is 13.0 Å². The van der Waals surface area contributed by atoms with Crippen LogP contribution in [-0.2, 0) is 9.53 Å². The zero-order chi connectivity index (χ0) is 19.4. The van der Waals surface area contributed by atoms with Gasteiger partial charge in [-0.2, -0.15) is 0 Å². The van der Waals surface area contributed by atoms with Crippen molar-refractivity contribution in [2.45, 2.75) is 46.1 Å². The Labute approximate surface area is 155 Å². The summed E-state index contributed by atoms with van der Waals surface area (Å²) in [5.74, 6) is -0.331. The van der Waals surface area contributed by atoms with Gasteiger partial charge in [-0.25, -0.2) is 4.39 Å². The molecule has 26 heavy (non-hydrogen) atoms. The Kier molecular flexibility index (Phi) is 6.54. The predicted molar refractivity (Wildman–Crippen MR) is 104 cm³/mol. The number of allylic oxidation sites excluding steroid dienone is 4. The minimum Gasteiger partial charge on any atom is -0.466 e. The van der Waals surface area contributed by atoms with Crippen molar-refractivity contribution in [1.29, 1.82) is 0 Å². The largest absolute Gasteiger partial charge is 0.466 e. The van der Waals surface area contributed by atoms with Gasteiger partial charge in [0, 0.05) is 11.6 Å². The normalized spacial score (nSPS) is 15.9. The van der Waals surface area contributed by atoms with Crippen LogP contribution in [0, 0.1) is 18.7 Å². The summed E-state index contributed by atoms with van der Waals surface area (Å²) in [4.78, 5) is 11.7. The van der Waals surface area contributed by atoms with Crippen molar-refractivity contribution in [2.75, 3.05) is 6.61 Å². The number of aryl methyl sites for hydroxylation is 1. The monoisotopic (exact) mass is 357 g/mol. The van der Waals surface area contributed by atoms with Gasteiger partial charge >= 0.3 is 5.97 Å². The maximum absolute atomic E-state index is 14.7. The number of halogens is 1. The first-order chi connectivity index (χ1) is 12.3. The van der Waals surface area contributed by atoms with Crippen LogP contribution >= 0.6 is 0 Å². The lowest BCUT2D eigenvalue weighted by Crippen LogP contribution is -2.19. The van der Waals surface area contributed by atoms with E-state index in [1.807, 2.05) is 13.0 Å². The molecule has 1 aromatic carbocycles. The minimum absolute atomic E-state index is 0.0588. The van der Waals surface area contributed by atoms with Gasteiger partial charge in [0.25, 0.3) is 0 Å². The van der Waals surface area contributed by atoms with Gasteiger partial charge in [-0.05, 0) is 79.5 Å². The van der Waals surface area contributed by atoms with E-state index in [2.05, 4.69) is 13.2 Å². The van der Waals surface area contributed by atoms with E-state index in [4.69, 9.17) is 10.5 Å². The van der Waals surface area contributed by atoms with Gasteiger partial charge in [0.2, 0.25) is 0 Å². The second-order valence-electron chi connectivity index (χ2n) is 6.87. The third kappa shape index (κ3) is 4.50. The van der Waals surface area contributed by atoms with Crippen LogP contribution in [0.15, 0.2) is 42.5 Å². The highest BCUT2D eigenvalue weighted by molar-refractivity contribution is 5.83. The van der Waals surface area contributed by atoms with E-state index < -0.39 is 12.0 Å². The number of esters is 1. The van der Waals surface area contributed by atoms with Crippen LogP contribution in [0.4, 0.5) is 4.39 Å². The highest BCUT2D eigenvalue weighted by Gasteiger charge is 2.29. The smallest absolute Gasteiger partial charge is 0.307 e. The number of hydrogen-bond donors (Lipinski definition) is 1. The first kappa shape index (κ1) is 20.1. The molecule has 0 amide bonds. The Bertz CT molecular complexity index is 760. The van der Waals surface area contributed by atoms with E-state index in [9.17, 15) is 9.18 Å². The summed E-state index contributed by atoms with van der Waals surface area (Å²) in [5.41, 5.74) is 10.9. The fourth-order valence-electron chi connectivity index (χ4n) is 3.12. The molecule has 2 N–H and O–H groups in total. The van der Waals surface area contributed by atoms with Crippen LogP contribution in [0.1, 0.15) is 55.8 Å². The maximum Gasteiger partial charge on any atom is 0.307 e. The molecule has 0 spiro atoms. The first-order valence-electron chi connectivity index (χ1n) is 9.04. The lowest BCUT2D eigenvalue weighted by atomic mass is 9.88. The number of carbonyl (C=O) groups is 1. The average molecular weight is 357 g/mol. The molecule has 2 rings (SSSR count). The molecule has 0 heterocycles. The Morgan fingerprint density at radius 3 is 2.65 bits per heavy atom. The Hall–Kier alpha value is -2.20. The number of ether oxygens (including phenoxy) is 1. The molecule has 0 aliphatic heterocycles.